The summed E-state index contributed by atoms with van der Waals surface area (Å²) in [6.45, 7) is 2.52. The lowest BCUT2D eigenvalue weighted by molar-refractivity contribution is 0.281. The summed E-state index contributed by atoms with van der Waals surface area (Å²) in [5.74, 6) is 0. The average Bonchev–Trinajstić information content (AvgIpc) is 2.05. The minimum absolute atomic E-state index is 0.260. The van der Waals surface area contributed by atoms with Crippen LogP contribution >= 0.6 is 0 Å². The van der Waals surface area contributed by atoms with Crippen molar-refractivity contribution in [2.75, 3.05) is 13.2 Å². The van der Waals surface area contributed by atoms with Gasteiger partial charge in [0.15, 0.2) is 0 Å². The van der Waals surface area contributed by atoms with Crippen molar-refractivity contribution >= 4 is 0 Å². The molecule has 0 radical (unpaired) electrons. The fraction of sp³-hybridized carbons (Fsp3) is 0.778. The van der Waals surface area contributed by atoms with Gasteiger partial charge in [-0.1, -0.05) is 11.6 Å². The van der Waals surface area contributed by atoms with Crippen molar-refractivity contribution < 1.29 is 10.2 Å². The van der Waals surface area contributed by atoms with Crippen LogP contribution in [0.1, 0.15) is 32.6 Å². The molecule has 0 bridgehead atoms. The Kier molecular flexibility index (Phi) is 7.52. The largest absolute Gasteiger partial charge is 0.396 e. The summed E-state index contributed by atoms with van der Waals surface area (Å²) in [6, 6.07) is 0. The first kappa shape index (κ1) is 10.7. The van der Waals surface area contributed by atoms with Crippen LogP contribution in [-0.2, 0) is 0 Å². The van der Waals surface area contributed by atoms with Gasteiger partial charge in [-0.3, -0.25) is 0 Å². The lowest BCUT2D eigenvalue weighted by Crippen LogP contribution is -1.90. The summed E-state index contributed by atoms with van der Waals surface area (Å²) in [5, 5.41) is 17.1. The van der Waals surface area contributed by atoms with Gasteiger partial charge in [-0.05, 0) is 32.6 Å². The van der Waals surface area contributed by atoms with E-state index in [1.54, 1.807) is 0 Å². The molecule has 0 aromatic rings. The molecule has 2 heteroatoms. The monoisotopic (exact) mass is 158 g/mol. The molecule has 0 rings (SSSR count). The van der Waals surface area contributed by atoms with Gasteiger partial charge in [0.2, 0.25) is 0 Å². The molecule has 0 amide bonds. The zero-order valence-corrected chi connectivity index (χ0v) is 7.21. The molecule has 0 saturated carbocycles. The molecule has 0 heterocycles. The maximum absolute atomic E-state index is 8.56. The Morgan fingerprint density at radius 2 is 1.55 bits per heavy atom. The highest BCUT2D eigenvalue weighted by atomic mass is 16.3. The van der Waals surface area contributed by atoms with Crippen molar-refractivity contribution in [3.63, 3.8) is 0 Å². The first-order valence-electron chi connectivity index (χ1n) is 4.21. The van der Waals surface area contributed by atoms with Gasteiger partial charge < -0.3 is 10.2 Å². The summed E-state index contributed by atoms with van der Waals surface area (Å²) in [5.41, 5.74) is 1.34. The molecule has 0 aliphatic carbocycles. The Labute approximate surface area is 68.6 Å². The van der Waals surface area contributed by atoms with Crippen molar-refractivity contribution in [2.24, 2.45) is 0 Å². The first-order chi connectivity index (χ1) is 5.35. The molecule has 0 atom stereocenters. The zero-order valence-electron chi connectivity index (χ0n) is 7.21. The predicted octanol–water partition coefficient (Wildman–Crippen LogP) is 1.48. The number of aliphatic hydroxyl groups excluding tert-OH is 2. The van der Waals surface area contributed by atoms with Crippen LogP contribution in [0.4, 0.5) is 0 Å². The average molecular weight is 158 g/mol. The van der Waals surface area contributed by atoms with E-state index in [2.05, 4.69) is 6.08 Å². The number of hydrogen-bond acceptors (Lipinski definition) is 2. The molecule has 0 aliphatic rings. The van der Waals surface area contributed by atoms with E-state index in [1.807, 2.05) is 6.92 Å². The molecule has 2 N–H and O–H groups in total. The highest BCUT2D eigenvalue weighted by Crippen LogP contribution is 2.10. The molecule has 0 spiro atoms. The van der Waals surface area contributed by atoms with Crippen LogP contribution in [0.5, 0.6) is 0 Å². The van der Waals surface area contributed by atoms with E-state index in [0.717, 1.165) is 25.7 Å². The van der Waals surface area contributed by atoms with E-state index in [9.17, 15) is 0 Å². The van der Waals surface area contributed by atoms with Crippen molar-refractivity contribution in [1.29, 1.82) is 0 Å². The van der Waals surface area contributed by atoms with Crippen molar-refractivity contribution in [3.05, 3.63) is 11.6 Å². The second-order valence-electron chi connectivity index (χ2n) is 2.60. The Hall–Kier alpha value is -0.340. The lowest BCUT2D eigenvalue weighted by Gasteiger charge is -2.03. The second-order valence-corrected chi connectivity index (χ2v) is 2.60. The van der Waals surface area contributed by atoms with E-state index in [1.165, 1.54) is 5.57 Å². The van der Waals surface area contributed by atoms with E-state index in [4.69, 9.17) is 10.2 Å². The van der Waals surface area contributed by atoms with Gasteiger partial charge in [-0.15, -0.1) is 0 Å². The SMILES string of the molecule is CC=C(CCCO)CCCO. The zero-order chi connectivity index (χ0) is 8.53. The van der Waals surface area contributed by atoms with Gasteiger partial charge in [0.05, 0.1) is 0 Å². The van der Waals surface area contributed by atoms with E-state index in [-0.39, 0.29) is 13.2 Å². The van der Waals surface area contributed by atoms with Gasteiger partial charge in [0, 0.05) is 13.2 Å². The minimum atomic E-state index is 0.260. The van der Waals surface area contributed by atoms with Gasteiger partial charge in [0.25, 0.3) is 0 Å². The highest BCUT2D eigenvalue weighted by molar-refractivity contribution is 4.99. The van der Waals surface area contributed by atoms with Gasteiger partial charge >= 0.3 is 0 Å². The molecule has 66 valence electrons. The third-order valence-electron chi connectivity index (χ3n) is 1.72. The third-order valence-corrected chi connectivity index (χ3v) is 1.72. The Morgan fingerprint density at radius 3 is 1.82 bits per heavy atom. The molecular formula is C9H18O2. The Balaban J connectivity index is 3.43. The summed E-state index contributed by atoms with van der Waals surface area (Å²) in [7, 11) is 0. The fourth-order valence-corrected chi connectivity index (χ4v) is 1.03. The lowest BCUT2D eigenvalue weighted by atomic mass is 10.1. The molecule has 0 saturated heterocycles. The highest BCUT2D eigenvalue weighted by Gasteiger charge is 1.94. The van der Waals surface area contributed by atoms with Gasteiger partial charge in [-0.25, -0.2) is 0 Å². The van der Waals surface area contributed by atoms with Crippen LogP contribution in [-0.4, -0.2) is 23.4 Å². The van der Waals surface area contributed by atoms with Crippen LogP contribution in [0, 0.1) is 0 Å². The summed E-state index contributed by atoms with van der Waals surface area (Å²) < 4.78 is 0. The first-order valence-corrected chi connectivity index (χ1v) is 4.21. The topological polar surface area (TPSA) is 40.5 Å². The molecule has 2 nitrogen and oxygen atoms in total. The maximum atomic E-state index is 8.56. The maximum Gasteiger partial charge on any atom is 0.0434 e. The molecule has 0 unspecified atom stereocenters. The summed E-state index contributed by atoms with van der Waals surface area (Å²) >= 11 is 0. The molecule has 0 aromatic heterocycles. The normalized spacial score (nSPS) is 9.73. The standard InChI is InChI=1S/C9H18O2/c1-2-9(5-3-7-10)6-4-8-11/h2,10-11H,3-8H2,1H3. The van der Waals surface area contributed by atoms with Crippen LogP contribution in [0.3, 0.4) is 0 Å². The number of allylic oxidation sites excluding steroid dienone is 2. The number of aliphatic hydroxyl groups is 2. The van der Waals surface area contributed by atoms with E-state index < -0.39 is 0 Å². The van der Waals surface area contributed by atoms with Gasteiger partial charge in [-0.2, -0.15) is 0 Å². The summed E-state index contributed by atoms with van der Waals surface area (Å²) in [6.07, 6.45) is 5.68. The number of rotatable bonds is 6. The summed E-state index contributed by atoms with van der Waals surface area (Å²) in [4.78, 5) is 0. The molecule has 0 aliphatic heterocycles. The molecule has 0 fully saturated rings. The minimum Gasteiger partial charge on any atom is -0.396 e. The van der Waals surface area contributed by atoms with E-state index >= 15 is 0 Å². The quantitative estimate of drug-likeness (QED) is 0.575. The Bertz CT molecular complexity index is 98.1. The molecule has 0 aromatic carbocycles. The van der Waals surface area contributed by atoms with Crippen molar-refractivity contribution in [3.8, 4) is 0 Å². The van der Waals surface area contributed by atoms with E-state index in [0.29, 0.717) is 0 Å². The van der Waals surface area contributed by atoms with Crippen molar-refractivity contribution in [1.82, 2.24) is 0 Å². The third kappa shape index (κ3) is 6.07. The predicted molar refractivity (Wildman–Crippen MR) is 46.4 cm³/mol. The Morgan fingerprint density at radius 1 is 1.09 bits per heavy atom. The molecular weight excluding hydrogens is 140 g/mol. The smallest absolute Gasteiger partial charge is 0.0434 e. The van der Waals surface area contributed by atoms with Crippen LogP contribution in [0.15, 0.2) is 11.6 Å². The van der Waals surface area contributed by atoms with Crippen molar-refractivity contribution in [2.45, 2.75) is 32.6 Å². The van der Waals surface area contributed by atoms with Crippen LogP contribution < -0.4 is 0 Å². The fourth-order valence-electron chi connectivity index (χ4n) is 1.03. The van der Waals surface area contributed by atoms with Gasteiger partial charge in [0.1, 0.15) is 0 Å². The van der Waals surface area contributed by atoms with Crippen LogP contribution in [0.25, 0.3) is 0 Å². The number of hydrogen-bond donors (Lipinski definition) is 2. The second kappa shape index (κ2) is 7.76. The molecule has 11 heavy (non-hydrogen) atoms. The van der Waals surface area contributed by atoms with Crippen LogP contribution in [0.2, 0.25) is 0 Å².